The van der Waals surface area contributed by atoms with Crippen LogP contribution in [0.3, 0.4) is 0 Å². The molecule has 6 rings (SSSR count). The zero-order valence-electron chi connectivity index (χ0n) is 18.5. The number of hydrogen-bond donors (Lipinski definition) is 2. The van der Waals surface area contributed by atoms with E-state index in [1.807, 2.05) is 0 Å². The van der Waals surface area contributed by atoms with Crippen molar-refractivity contribution in [3.63, 3.8) is 0 Å². The van der Waals surface area contributed by atoms with Crippen LogP contribution in [0.25, 0.3) is 0 Å². The maximum atomic E-state index is 11.5. The van der Waals surface area contributed by atoms with E-state index in [2.05, 4.69) is 30.7 Å². The number of likely N-dealkylation sites (N-methyl/N-ethyl adjacent to an activating group) is 1. The number of fused-ring (bicyclic) bond motifs is 4. The normalized spacial score (nSPS) is 60.1. The molecule has 2 heterocycles. The highest BCUT2D eigenvalue weighted by atomic mass is 16.6. The second kappa shape index (κ2) is 6.19. The fraction of sp³-hybridized carbons (Fsp3) is 1.00. The Bertz CT molecular complexity index is 681. The van der Waals surface area contributed by atoms with Crippen molar-refractivity contribution in [3.8, 4) is 0 Å². The Hall–Kier alpha value is -0.200. The van der Waals surface area contributed by atoms with E-state index in [9.17, 15) is 10.2 Å². The Labute approximate surface area is 175 Å². The lowest BCUT2D eigenvalue weighted by molar-refractivity contribution is -0.123. The van der Waals surface area contributed by atoms with Crippen LogP contribution in [0.2, 0.25) is 0 Å². The first-order chi connectivity index (χ1) is 13.8. The molecule has 2 aliphatic heterocycles. The average Bonchev–Trinajstić information content (AvgIpc) is 3.32. The largest absolute Gasteiger partial charge is 0.393 e. The lowest BCUT2D eigenvalue weighted by Crippen LogP contribution is -2.59. The molecule has 0 aromatic heterocycles. The van der Waals surface area contributed by atoms with Gasteiger partial charge in [0.15, 0.2) is 0 Å². The topological polar surface area (TPSA) is 59.5 Å². The molecule has 0 aromatic rings. The van der Waals surface area contributed by atoms with Crippen LogP contribution in [0.15, 0.2) is 0 Å². The van der Waals surface area contributed by atoms with Gasteiger partial charge in [0.1, 0.15) is 5.60 Å². The van der Waals surface area contributed by atoms with E-state index in [1.54, 1.807) is 0 Å². The minimum absolute atomic E-state index is 0.0341. The smallest absolute Gasteiger partial charge is 0.103 e. The van der Waals surface area contributed by atoms with Gasteiger partial charge in [-0.2, -0.15) is 0 Å². The van der Waals surface area contributed by atoms with Gasteiger partial charge >= 0.3 is 0 Å². The van der Waals surface area contributed by atoms with E-state index < -0.39 is 0 Å². The van der Waals surface area contributed by atoms with Crippen molar-refractivity contribution in [3.05, 3.63) is 0 Å². The van der Waals surface area contributed by atoms with Gasteiger partial charge in [-0.15, -0.1) is 0 Å². The minimum atomic E-state index is -0.190. The SMILES string of the molecule is CN1CCN(C2C[C@H]3[C@@H]4CC5OC56CC(O)CC[C@]6(C)[C@@H]4CC[C@]3(C)C2O)CC1. The summed E-state index contributed by atoms with van der Waals surface area (Å²) in [4.78, 5) is 5.01. The molecule has 0 aromatic carbocycles. The molecule has 2 saturated heterocycles. The van der Waals surface area contributed by atoms with Gasteiger partial charge in [0.25, 0.3) is 0 Å². The first-order valence-electron chi connectivity index (χ1n) is 12.2. The molecule has 6 fully saturated rings. The van der Waals surface area contributed by atoms with E-state index in [-0.39, 0.29) is 28.6 Å². The van der Waals surface area contributed by atoms with Gasteiger partial charge in [0.2, 0.25) is 0 Å². The van der Waals surface area contributed by atoms with Crippen LogP contribution in [0.1, 0.15) is 58.8 Å². The van der Waals surface area contributed by atoms with Gasteiger partial charge in [-0.1, -0.05) is 13.8 Å². The molecule has 0 bridgehead atoms. The maximum Gasteiger partial charge on any atom is 0.103 e. The van der Waals surface area contributed by atoms with E-state index in [1.165, 1.54) is 12.8 Å². The first-order valence-corrected chi connectivity index (χ1v) is 12.2. The predicted molar refractivity (Wildman–Crippen MR) is 111 cm³/mol. The highest BCUT2D eigenvalue weighted by Gasteiger charge is 2.76. The second-order valence-electron chi connectivity index (χ2n) is 12.1. The molecule has 1 spiro atoms. The van der Waals surface area contributed by atoms with Gasteiger partial charge in [0, 0.05) is 44.1 Å². The molecule has 0 radical (unpaired) electrons. The summed E-state index contributed by atoms with van der Waals surface area (Å²) in [6.07, 6.45) is 7.61. The molecule has 6 aliphatic rings. The summed E-state index contributed by atoms with van der Waals surface area (Å²) in [5, 5.41) is 21.9. The van der Waals surface area contributed by atoms with Crippen LogP contribution >= 0.6 is 0 Å². The molecule has 0 amide bonds. The lowest BCUT2D eigenvalue weighted by Gasteiger charge is -2.58. The van der Waals surface area contributed by atoms with Crippen LogP contribution in [0.4, 0.5) is 0 Å². The van der Waals surface area contributed by atoms with E-state index in [0.29, 0.717) is 29.9 Å². The summed E-state index contributed by atoms with van der Waals surface area (Å²) >= 11 is 0. The van der Waals surface area contributed by atoms with Crippen molar-refractivity contribution in [2.75, 3.05) is 33.2 Å². The maximum absolute atomic E-state index is 11.5. The van der Waals surface area contributed by atoms with Gasteiger partial charge in [-0.25, -0.2) is 0 Å². The number of epoxide rings is 1. The van der Waals surface area contributed by atoms with Crippen molar-refractivity contribution in [2.45, 2.75) is 88.7 Å². The average molecular weight is 405 g/mol. The standard InChI is InChI=1S/C24H40N2O3/c1-22-6-5-17-16(12-20-24(29-20)14-15(27)4-7-23(17,24)2)18(22)13-19(21(22)28)26-10-8-25(3)9-11-26/h15-21,27-28H,4-14H2,1-3H3/t15?,16-,17-,18+,19?,20?,21?,22+,23-,24?/m1/s1. The monoisotopic (exact) mass is 404 g/mol. The third-order valence-corrected chi connectivity index (χ3v) is 11.0. The molecule has 4 aliphatic carbocycles. The number of rotatable bonds is 1. The Morgan fingerprint density at radius 3 is 2.45 bits per heavy atom. The van der Waals surface area contributed by atoms with Gasteiger partial charge < -0.3 is 19.8 Å². The fourth-order valence-electron chi connectivity index (χ4n) is 9.15. The third-order valence-electron chi connectivity index (χ3n) is 11.0. The third kappa shape index (κ3) is 2.46. The van der Waals surface area contributed by atoms with Gasteiger partial charge in [0.05, 0.1) is 18.3 Å². The Kier molecular flexibility index (Phi) is 4.16. The van der Waals surface area contributed by atoms with Crippen LogP contribution in [-0.2, 0) is 4.74 Å². The van der Waals surface area contributed by atoms with Gasteiger partial charge in [-0.05, 0) is 68.7 Å². The minimum Gasteiger partial charge on any atom is -0.393 e. The number of aliphatic hydroxyl groups is 2. The van der Waals surface area contributed by atoms with Crippen molar-refractivity contribution >= 4 is 0 Å². The van der Waals surface area contributed by atoms with Crippen molar-refractivity contribution in [1.82, 2.24) is 9.80 Å². The summed E-state index contributed by atoms with van der Waals surface area (Å²) in [7, 11) is 2.21. The molecule has 2 N–H and O–H groups in total. The molecule has 5 nitrogen and oxygen atoms in total. The second-order valence-corrected chi connectivity index (χ2v) is 12.1. The summed E-state index contributed by atoms with van der Waals surface area (Å²) in [5.41, 5.74) is 0.250. The van der Waals surface area contributed by atoms with Crippen molar-refractivity contribution < 1.29 is 14.9 Å². The zero-order chi connectivity index (χ0) is 20.2. The number of aliphatic hydroxyl groups excluding tert-OH is 2. The van der Waals surface area contributed by atoms with E-state index >= 15 is 0 Å². The first kappa shape index (κ1) is 19.5. The Morgan fingerprint density at radius 2 is 1.69 bits per heavy atom. The highest BCUT2D eigenvalue weighted by molar-refractivity contribution is 5.24. The Morgan fingerprint density at radius 1 is 0.931 bits per heavy atom. The van der Waals surface area contributed by atoms with Gasteiger partial charge in [-0.3, -0.25) is 4.90 Å². The predicted octanol–water partition coefficient (Wildman–Crippen LogP) is 2.11. The molecule has 29 heavy (non-hydrogen) atoms. The molecule has 4 saturated carbocycles. The quantitative estimate of drug-likeness (QED) is 0.656. The molecule has 10 atom stereocenters. The molecule has 5 unspecified atom stereocenters. The van der Waals surface area contributed by atoms with Crippen LogP contribution in [-0.4, -0.2) is 83.2 Å². The summed E-state index contributed by atoms with van der Waals surface area (Å²) < 4.78 is 6.46. The van der Waals surface area contributed by atoms with Crippen LogP contribution < -0.4 is 0 Å². The number of nitrogens with zero attached hydrogens (tertiary/aromatic N) is 2. The molecular weight excluding hydrogens is 364 g/mol. The zero-order valence-corrected chi connectivity index (χ0v) is 18.5. The summed E-state index contributed by atoms with van der Waals surface area (Å²) in [5.74, 6) is 2.00. The van der Waals surface area contributed by atoms with E-state index in [4.69, 9.17) is 4.74 Å². The van der Waals surface area contributed by atoms with Crippen molar-refractivity contribution in [1.29, 1.82) is 0 Å². The number of hydrogen-bond acceptors (Lipinski definition) is 5. The molecule has 5 heteroatoms. The van der Waals surface area contributed by atoms with E-state index in [0.717, 1.165) is 58.3 Å². The van der Waals surface area contributed by atoms with Crippen LogP contribution in [0, 0.1) is 28.6 Å². The summed E-state index contributed by atoms with van der Waals surface area (Å²) in [6.45, 7) is 9.32. The number of piperazine rings is 1. The lowest BCUT2D eigenvalue weighted by atomic mass is 9.45. The Balaban J connectivity index is 1.28. The van der Waals surface area contributed by atoms with Crippen LogP contribution in [0.5, 0.6) is 0 Å². The molecular formula is C24H40N2O3. The van der Waals surface area contributed by atoms with Crippen molar-refractivity contribution in [2.24, 2.45) is 28.6 Å². The highest BCUT2D eigenvalue weighted by Crippen LogP contribution is 2.73. The summed E-state index contributed by atoms with van der Waals surface area (Å²) in [6, 6.07) is 0.338. The molecule has 164 valence electrons. The fourth-order valence-corrected chi connectivity index (χ4v) is 9.15. The number of ether oxygens (including phenoxy) is 1.